The molecule has 0 atom stereocenters. The van der Waals surface area contributed by atoms with Gasteiger partial charge in [-0.15, -0.1) is 0 Å². The van der Waals surface area contributed by atoms with Crippen molar-refractivity contribution >= 4 is 29.1 Å². The van der Waals surface area contributed by atoms with Gasteiger partial charge in [0.1, 0.15) is 17.3 Å². The molecule has 32 heavy (non-hydrogen) atoms. The second kappa shape index (κ2) is 9.53. The smallest absolute Gasteiger partial charge is 0.274 e. The maximum Gasteiger partial charge on any atom is 0.274 e. The van der Waals surface area contributed by atoms with Crippen LogP contribution >= 0.6 is 11.6 Å². The molecule has 1 aromatic heterocycles. The Kier molecular flexibility index (Phi) is 6.55. The summed E-state index contributed by atoms with van der Waals surface area (Å²) in [7, 11) is 1.58. The van der Waals surface area contributed by atoms with Gasteiger partial charge in [0.05, 0.1) is 22.9 Å². The van der Waals surface area contributed by atoms with Gasteiger partial charge in [0, 0.05) is 19.2 Å². The average Bonchev–Trinajstić information content (AvgIpc) is 2.96. The Hall–Kier alpha value is -3.19. The maximum absolute atomic E-state index is 13.4. The largest absolute Gasteiger partial charge is 0.331 e. The SMILES string of the molecule is CN(CC(=O)Nc1ccccc1Cl)C(=O)c1nc(-c2ccc(F)cc2)n2c1CCCCC2. The second-order valence-corrected chi connectivity index (χ2v) is 8.30. The van der Waals surface area contributed by atoms with Crippen LogP contribution in [0.2, 0.25) is 5.02 Å². The van der Waals surface area contributed by atoms with Crippen molar-refractivity contribution in [2.45, 2.75) is 32.2 Å². The summed E-state index contributed by atoms with van der Waals surface area (Å²) in [6, 6.07) is 13.1. The molecule has 0 saturated heterocycles. The number of likely N-dealkylation sites (N-methyl/N-ethyl adjacent to an activating group) is 1. The second-order valence-electron chi connectivity index (χ2n) is 7.89. The number of rotatable bonds is 5. The summed E-state index contributed by atoms with van der Waals surface area (Å²) in [6.45, 7) is 0.612. The molecule has 0 saturated carbocycles. The summed E-state index contributed by atoms with van der Waals surface area (Å²) >= 11 is 6.10. The highest BCUT2D eigenvalue weighted by molar-refractivity contribution is 6.33. The molecular weight excluding hydrogens is 431 g/mol. The molecule has 6 nitrogen and oxygen atoms in total. The van der Waals surface area contributed by atoms with Gasteiger partial charge < -0.3 is 14.8 Å². The average molecular weight is 455 g/mol. The summed E-state index contributed by atoms with van der Waals surface area (Å²) in [5.41, 5.74) is 2.46. The molecule has 8 heteroatoms. The van der Waals surface area contributed by atoms with E-state index in [0.717, 1.165) is 43.5 Å². The lowest BCUT2D eigenvalue weighted by Gasteiger charge is -2.17. The van der Waals surface area contributed by atoms with Crippen molar-refractivity contribution in [3.8, 4) is 11.4 Å². The molecule has 0 fully saturated rings. The van der Waals surface area contributed by atoms with Crippen LogP contribution in [0, 0.1) is 5.82 Å². The number of amides is 2. The van der Waals surface area contributed by atoms with E-state index in [1.807, 2.05) is 0 Å². The van der Waals surface area contributed by atoms with E-state index in [1.165, 1.54) is 17.0 Å². The Morgan fingerprint density at radius 1 is 1.12 bits per heavy atom. The fourth-order valence-corrected chi connectivity index (χ4v) is 4.11. The van der Waals surface area contributed by atoms with Crippen LogP contribution in [0.5, 0.6) is 0 Å². The van der Waals surface area contributed by atoms with Crippen molar-refractivity contribution in [3.05, 3.63) is 70.8 Å². The third kappa shape index (κ3) is 4.67. The van der Waals surface area contributed by atoms with E-state index in [2.05, 4.69) is 14.9 Å². The first-order chi connectivity index (χ1) is 15.4. The van der Waals surface area contributed by atoms with E-state index < -0.39 is 0 Å². The van der Waals surface area contributed by atoms with E-state index in [-0.39, 0.29) is 24.2 Å². The molecule has 1 aliphatic rings. The van der Waals surface area contributed by atoms with Gasteiger partial charge in [-0.2, -0.15) is 0 Å². The van der Waals surface area contributed by atoms with Gasteiger partial charge in [0.2, 0.25) is 5.91 Å². The van der Waals surface area contributed by atoms with E-state index in [4.69, 9.17) is 11.6 Å². The van der Waals surface area contributed by atoms with Gasteiger partial charge in [-0.25, -0.2) is 9.37 Å². The lowest BCUT2D eigenvalue weighted by molar-refractivity contribution is -0.116. The van der Waals surface area contributed by atoms with E-state index in [1.54, 1.807) is 43.4 Å². The van der Waals surface area contributed by atoms with Crippen LogP contribution in [0.1, 0.15) is 35.4 Å². The summed E-state index contributed by atoms with van der Waals surface area (Å²) in [5.74, 6) is -0.340. The van der Waals surface area contributed by atoms with Crippen molar-refractivity contribution in [1.82, 2.24) is 14.5 Å². The number of carbonyl (C=O) groups excluding carboxylic acids is 2. The topological polar surface area (TPSA) is 67.2 Å². The van der Waals surface area contributed by atoms with Crippen molar-refractivity contribution in [3.63, 3.8) is 0 Å². The Morgan fingerprint density at radius 3 is 2.62 bits per heavy atom. The number of hydrogen-bond donors (Lipinski definition) is 1. The molecular formula is C24H24ClFN4O2. The van der Waals surface area contributed by atoms with E-state index in [9.17, 15) is 14.0 Å². The number of halogens is 2. The van der Waals surface area contributed by atoms with Crippen LogP contribution in [0.4, 0.5) is 10.1 Å². The van der Waals surface area contributed by atoms with Gasteiger partial charge >= 0.3 is 0 Å². The summed E-state index contributed by atoms with van der Waals surface area (Å²) in [6.07, 6.45) is 3.75. The first-order valence-corrected chi connectivity index (χ1v) is 11.0. The van der Waals surface area contributed by atoms with Crippen molar-refractivity contribution in [2.24, 2.45) is 0 Å². The molecule has 2 aromatic carbocycles. The summed E-state index contributed by atoms with van der Waals surface area (Å²) in [5, 5.41) is 3.16. The highest BCUT2D eigenvalue weighted by atomic mass is 35.5. The van der Waals surface area contributed by atoms with E-state index >= 15 is 0 Å². The normalized spacial score (nSPS) is 13.2. The minimum atomic E-state index is -0.349. The molecule has 2 heterocycles. The zero-order chi connectivity index (χ0) is 22.7. The zero-order valence-electron chi connectivity index (χ0n) is 17.8. The minimum absolute atomic E-state index is 0.137. The maximum atomic E-state index is 13.4. The molecule has 1 N–H and O–H groups in total. The molecule has 1 aliphatic heterocycles. The number of carbonyl (C=O) groups is 2. The van der Waals surface area contributed by atoms with Crippen LogP contribution in [-0.2, 0) is 17.8 Å². The highest BCUT2D eigenvalue weighted by Crippen LogP contribution is 2.28. The fraction of sp³-hybridized carbons (Fsp3) is 0.292. The summed E-state index contributed by atoms with van der Waals surface area (Å²) < 4.78 is 15.5. The Labute approximate surface area is 191 Å². The first kappa shape index (κ1) is 22.0. The number of hydrogen-bond acceptors (Lipinski definition) is 3. The molecule has 0 aliphatic carbocycles. The van der Waals surface area contributed by atoms with Gasteiger partial charge in [-0.05, 0) is 55.7 Å². The molecule has 0 radical (unpaired) electrons. The number of para-hydroxylation sites is 1. The predicted molar refractivity (Wildman–Crippen MR) is 122 cm³/mol. The molecule has 3 aromatic rings. The number of fused-ring (bicyclic) bond motifs is 1. The quantitative estimate of drug-likeness (QED) is 0.603. The third-order valence-electron chi connectivity index (χ3n) is 5.55. The molecule has 166 valence electrons. The lowest BCUT2D eigenvalue weighted by atomic mass is 10.1. The third-order valence-corrected chi connectivity index (χ3v) is 5.88. The number of anilines is 1. The number of benzene rings is 2. The fourth-order valence-electron chi connectivity index (χ4n) is 3.93. The molecule has 0 bridgehead atoms. The molecule has 2 amide bonds. The van der Waals surface area contributed by atoms with Gasteiger partial charge in [-0.3, -0.25) is 9.59 Å². The Bertz CT molecular complexity index is 1140. The zero-order valence-corrected chi connectivity index (χ0v) is 18.5. The van der Waals surface area contributed by atoms with Gasteiger partial charge in [0.25, 0.3) is 5.91 Å². The molecule has 0 spiro atoms. The Morgan fingerprint density at radius 2 is 1.88 bits per heavy atom. The highest BCUT2D eigenvalue weighted by Gasteiger charge is 2.27. The number of imidazole rings is 1. The summed E-state index contributed by atoms with van der Waals surface area (Å²) in [4.78, 5) is 31.8. The van der Waals surface area contributed by atoms with Crippen LogP contribution in [0.15, 0.2) is 48.5 Å². The van der Waals surface area contributed by atoms with Crippen LogP contribution in [-0.4, -0.2) is 39.9 Å². The number of aromatic nitrogens is 2. The molecule has 0 unspecified atom stereocenters. The van der Waals surface area contributed by atoms with Crippen molar-refractivity contribution < 1.29 is 14.0 Å². The predicted octanol–water partition coefficient (Wildman–Crippen LogP) is 4.78. The first-order valence-electron chi connectivity index (χ1n) is 10.6. The van der Waals surface area contributed by atoms with Crippen LogP contribution in [0.25, 0.3) is 11.4 Å². The standard InChI is InChI=1S/C24H24ClFN4O2/c1-29(15-21(31)27-19-8-5-4-7-18(19)25)24(32)22-20-9-3-2-6-14-30(20)23(28-22)16-10-12-17(26)13-11-16/h4-5,7-8,10-13H,2-3,6,9,14-15H2,1H3,(H,27,31). The van der Waals surface area contributed by atoms with Crippen LogP contribution < -0.4 is 5.32 Å². The van der Waals surface area contributed by atoms with Crippen molar-refractivity contribution in [2.75, 3.05) is 18.9 Å². The number of nitrogens with zero attached hydrogens (tertiary/aromatic N) is 3. The molecule has 4 rings (SSSR count). The van der Waals surface area contributed by atoms with Crippen molar-refractivity contribution in [1.29, 1.82) is 0 Å². The monoisotopic (exact) mass is 454 g/mol. The van der Waals surface area contributed by atoms with Gasteiger partial charge in [-0.1, -0.05) is 30.2 Å². The van der Waals surface area contributed by atoms with Crippen LogP contribution in [0.3, 0.4) is 0 Å². The minimum Gasteiger partial charge on any atom is -0.331 e. The van der Waals surface area contributed by atoms with Gasteiger partial charge in [0.15, 0.2) is 0 Å². The lowest BCUT2D eigenvalue weighted by Crippen LogP contribution is -2.35. The van der Waals surface area contributed by atoms with E-state index in [0.29, 0.717) is 22.2 Å². The number of nitrogens with one attached hydrogen (secondary N) is 1. The Balaban J connectivity index is 1.58.